The Bertz CT molecular complexity index is 991. The lowest BCUT2D eigenvalue weighted by Crippen LogP contribution is -2.13. The molecule has 0 bridgehead atoms. The molecule has 0 saturated heterocycles. The van der Waals surface area contributed by atoms with E-state index in [1.165, 1.54) is 11.1 Å². The number of rotatable bonds is 8. The second kappa shape index (κ2) is 8.95. The van der Waals surface area contributed by atoms with Crippen LogP contribution in [0.2, 0.25) is 0 Å². The Morgan fingerprint density at radius 2 is 1.86 bits per heavy atom. The average Bonchev–Trinajstić information content (AvgIpc) is 3.05. The Labute approximate surface area is 174 Å². The summed E-state index contributed by atoms with van der Waals surface area (Å²) in [7, 11) is 3.44. The number of aryl methyl sites for hydroxylation is 2. The lowest BCUT2D eigenvalue weighted by Gasteiger charge is -2.18. The van der Waals surface area contributed by atoms with Gasteiger partial charge in [0.1, 0.15) is 0 Å². The molecule has 0 spiro atoms. The number of aromatic nitrogens is 3. The van der Waals surface area contributed by atoms with Crippen LogP contribution in [0.3, 0.4) is 0 Å². The highest BCUT2D eigenvalue weighted by Gasteiger charge is 2.20. The van der Waals surface area contributed by atoms with Crippen molar-refractivity contribution in [2.45, 2.75) is 59.4 Å². The zero-order chi connectivity index (χ0) is 21.1. The van der Waals surface area contributed by atoms with E-state index in [1.807, 2.05) is 0 Å². The molecule has 0 radical (unpaired) electrons. The van der Waals surface area contributed by atoms with Crippen LogP contribution in [-0.4, -0.2) is 35.4 Å². The van der Waals surface area contributed by atoms with Gasteiger partial charge in [0.15, 0.2) is 0 Å². The van der Waals surface area contributed by atoms with Gasteiger partial charge in [-0.25, -0.2) is 9.97 Å². The van der Waals surface area contributed by atoms with Crippen LogP contribution in [0.25, 0.3) is 22.3 Å². The molecule has 5 heteroatoms. The molecule has 0 aromatic carbocycles. The van der Waals surface area contributed by atoms with Crippen molar-refractivity contribution in [1.29, 1.82) is 0 Å². The summed E-state index contributed by atoms with van der Waals surface area (Å²) in [4.78, 5) is 9.85. The minimum atomic E-state index is 0.301. The lowest BCUT2D eigenvalue weighted by molar-refractivity contribution is 0.155. The molecule has 0 saturated carbocycles. The van der Waals surface area contributed by atoms with Crippen molar-refractivity contribution in [2.75, 3.05) is 20.8 Å². The minimum Gasteiger partial charge on any atom is -0.480 e. The fourth-order valence-corrected chi connectivity index (χ4v) is 3.87. The summed E-state index contributed by atoms with van der Waals surface area (Å²) in [6.45, 7) is 11.5. The first-order valence-electron chi connectivity index (χ1n) is 10.5. The summed E-state index contributed by atoms with van der Waals surface area (Å²) in [6.07, 6.45) is 4.10. The van der Waals surface area contributed by atoms with E-state index in [-0.39, 0.29) is 0 Å². The second-order valence-electron chi connectivity index (χ2n) is 7.90. The monoisotopic (exact) mass is 395 g/mol. The van der Waals surface area contributed by atoms with E-state index in [4.69, 9.17) is 19.4 Å². The minimum absolute atomic E-state index is 0.301. The molecule has 0 aliphatic rings. The maximum Gasteiger partial charge on any atom is 0.222 e. The molecule has 0 amide bonds. The average molecular weight is 396 g/mol. The van der Waals surface area contributed by atoms with Crippen LogP contribution in [0.4, 0.5) is 0 Å². The largest absolute Gasteiger partial charge is 0.480 e. The van der Waals surface area contributed by atoms with E-state index < -0.39 is 0 Å². The number of ether oxygens (including phenoxy) is 2. The molecule has 3 aromatic rings. The lowest BCUT2D eigenvalue weighted by atomic mass is 10.0. The van der Waals surface area contributed by atoms with Gasteiger partial charge in [0.05, 0.1) is 42.0 Å². The van der Waals surface area contributed by atoms with Gasteiger partial charge in [0.2, 0.25) is 5.88 Å². The summed E-state index contributed by atoms with van der Waals surface area (Å²) >= 11 is 0. The van der Waals surface area contributed by atoms with Gasteiger partial charge in [0.25, 0.3) is 0 Å². The van der Waals surface area contributed by atoms with Gasteiger partial charge >= 0.3 is 0 Å². The maximum absolute atomic E-state index is 5.65. The third kappa shape index (κ3) is 4.01. The van der Waals surface area contributed by atoms with Gasteiger partial charge in [-0.05, 0) is 55.0 Å². The van der Waals surface area contributed by atoms with E-state index in [2.05, 4.69) is 63.6 Å². The molecule has 0 aliphatic heterocycles. The van der Waals surface area contributed by atoms with Crippen molar-refractivity contribution < 1.29 is 9.47 Å². The number of pyridine rings is 2. The summed E-state index contributed by atoms with van der Waals surface area (Å²) in [5.74, 6) is 0.989. The molecule has 0 N–H and O–H groups in total. The van der Waals surface area contributed by atoms with Gasteiger partial charge in [-0.1, -0.05) is 27.7 Å². The van der Waals surface area contributed by atoms with E-state index in [0.29, 0.717) is 24.4 Å². The number of nitrogens with zero attached hydrogens (tertiary/aromatic N) is 3. The predicted molar refractivity (Wildman–Crippen MR) is 119 cm³/mol. The fraction of sp³-hybridized carbons (Fsp3) is 0.500. The van der Waals surface area contributed by atoms with E-state index in [9.17, 15) is 0 Å². The zero-order valence-corrected chi connectivity index (χ0v) is 18.7. The molecule has 156 valence electrons. The van der Waals surface area contributed by atoms with Crippen LogP contribution >= 0.6 is 0 Å². The second-order valence-corrected chi connectivity index (χ2v) is 7.90. The number of hydrogen-bond donors (Lipinski definition) is 0. The van der Waals surface area contributed by atoms with Crippen LogP contribution in [-0.2, 0) is 11.2 Å². The third-order valence-electron chi connectivity index (χ3n) is 5.59. The van der Waals surface area contributed by atoms with Crippen LogP contribution in [0.5, 0.6) is 5.88 Å². The summed E-state index contributed by atoms with van der Waals surface area (Å²) in [5.41, 5.74) is 7.50. The third-order valence-corrected chi connectivity index (χ3v) is 5.59. The van der Waals surface area contributed by atoms with Crippen molar-refractivity contribution >= 4 is 11.0 Å². The van der Waals surface area contributed by atoms with E-state index >= 15 is 0 Å². The van der Waals surface area contributed by atoms with Crippen LogP contribution in [0.15, 0.2) is 24.4 Å². The first-order valence-corrected chi connectivity index (χ1v) is 10.5. The standard InChI is InChI=1S/C24H33N3O2/c1-8-17-12-21-22(16(5)13-27(21)18(9-2)14-28-6)26-23(17)19-10-11-20(15(3)4)25-24(19)29-7/h10-13,15,18H,8-9,14H2,1-7H3/t18-/m1/s1. The van der Waals surface area contributed by atoms with Crippen LogP contribution in [0, 0.1) is 6.92 Å². The van der Waals surface area contributed by atoms with Crippen molar-refractivity contribution in [2.24, 2.45) is 0 Å². The Hall–Kier alpha value is -2.40. The quantitative estimate of drug-likeness (QED) is 0.491. The smallest absolute Gasteiger partial charge is 0.222 e. The summed E-state index contributed by atoms with van der Waals surface area (Å²) in [5, 5.41) is 0. The van der Waals surface area contributed by atoms with Crippen molar-refractivity contribution in [3.8, 4) is 17.1 Å². The van der Waals surface area contributed by atoms with E-state index in [0.717, 1.165) is 40.8 Å². The SMILES string of the molecule is CCc1cc2c(nc1-c1ccc(C(C)C)nc1OC)c(C)cn2[C@H](CC)COC. The Morgan fingerprint density at radius 3 is 2.45 bits per heavy atom. The molecular weight excluding hydrogens is 362 g/mol. The molecule has 0 aliphatic carbocycles. The topological polar surface area (TPSA) is 49.2 Å². The fourth-order valence-electron chi connectivity index (χ4n) is 3.87. The van der Waals surface area contributed by atoms with E-state index in [1.54, 1.807) is 14.2 Å². The number of methoxy groups -OCH3 is 2. The van der Waals surface area contributed by atoms with Crippen LogP contribution < -0.4 is 4.74 Å². The first-order chi connectivity index (χ1) is 13.9. The zero-order valence-electron chi connectivity index (χ0n) is 18.7. The number of hydrogen-bond acceptors (Lipinski definition) is 4. The van der Waals surface area contributed by atoms with Gasteiger partial charge in [-0.15, -0.1) is 0 Å². The van der Waals surface area contributed by atoms with Gasteiger partial charge in [0, 0.05) is 19.0 Å². The Kier molecular flexibility index (Phi) is 6.58. The van der Waals surface area contributed by atoms with Crippen molar-refractivity contribution in [3.05, 3.63) is 41.2 Å². The molecule has 0 fully saturated rings. The summed E-state index contributed by atoms with van der Waals surface area (Å²) < 4.78 is 13.4. The number of fused-ring (bicyclic) bond motifs is 1. The molecule has 3 rings (SSSR count). The normalized spacial score (nSPS) is 12.7. The van der Waals surface area contributed by atoms with Gasteiger partial charge in [-0.2, -0.15) is 0 Å². The molecule has 1 atom stereocenters. The molecule has 3 heterocycles. The molecule has 5 nitrogen and oxygen atoms in total. The summed E-state index contributed by atoms with van der Waals surface area (Å²) in [6, 6.07) is 6.76. The highest BCUT2D eigenvalue weighted by atomic mass is 16.5. The van der Waals surface area contributed by atoms with Crippen molar-refractivity contribution in [1.82, 2.24) is 14.5 Å². The highest BCUT2D eigenvalue weighted by molar-refractivity contribution is 5.85. The van der Waals surface area contributed by atoms with Gasteiger partial charge in [-0.3, -0.25) is 0 Å². The Balaban J connectivity index is 2.21. The van der Waals surface area contributed by atoms with Crippen molar-refractivity contribution in [3.63, 3.8) is 0 Å². The Morgan fingerprint density at radius 1 is 1.10 bits per heavy atom. The molecule has 29 heavy (non-hydrogen) atoms. The molecule has 0 unspecified atom stereocenters. The maximum atomic E-state index is 5.65. The first kappa shape index (κ1) is 21.3. The molecular formula is C24H33N3O2. The van der Waals surface area contributed by atoms with Crippen LogP contribution in [0.1, 0.15) is 62.9 Å². The predicted octanol–water partition coefficient (Wildman–Crippen LogP) is 5.70. The highest BCUT2D eigenvalue weighted by Crippen LogP contribution is 2.35. The molecule has 3 aromatic heterocycles. The van der Waals surface area contributed by atoms with Gasteiger partial charge < -0.3 is 14.0 Å².